The van der Waals surface area contributed by atoms with E-state index in [2.05, 4.69) is 0 Å². The van der Waals surface area contributed by atoms with Crippen LogP contribution in [0.3, 0.4) is 0 Å². The van der Waals surface area contributed by atoms with Crippen molar-refractivity contribution in [2.45, 2.75) is 20.8 Å². The molecule has 0 aliphatic rings. The van der Waals surface area contributed by atoms with Crippen molar-refractivity contribution in [3.63, 3.8) is 0 Å². The molecule has 11 heavy (non-hydrogen) atoms. The Morgan fingerprint density at radius 2 is 1.18 bits per heavy atom. The monoisotopic (exact) mass is 202 g/mol. The maximum absolute atomic E-state index is 11.4. The Labute approximate surface area is 70.8 Å². The number of hydrogen-bond acceptors (Lipinski definition) is 4. The molecule has 0 fully saturated rings. The molecule has 0 aromatic heterocycles. The average molecular weight is 202 g/mol. The third-order valence-corrected chi connectivity index (χ3v) is 3.55. The van der Waals surface area contributed by atoms with Gasteiger partial charge in [-0.05, 0) is 0 Å². The van der Waals surface area contributed by atoms with Gasteiger partial charge in [-0.2, -0.15) is 0 Å². The van der Waals surface area contributed by atoms with Crippen molar-refractivity contribution < 1.29 is 29.7 Å². The summed E-state index contributed by atoms with van der Waals surface area (Å²) in [6.45, 7) is 6.34. The molecule has 0 aliphatic heterocycles. The summed E-state index contributed by atoms with van der Waals surface area (Å²) in [6, 6.07) is 0. The molecular weight excluding hydrogens is 187 g/mol. The van der Waals surface area contributed by atoms with Gasteiger partial charge in [-0.1, -0.05) is 0 Å². The van der Waals surface area contributed by atoms with E-state index in [0.29, 0.717) is 19.8 Å². The molecule has 0 saturated heterocycles. The van der Waals surface area contributed by atoms with Crippen LogP contribution in [0.5, 0.6) is 0 Å². The van der Waals surface area contributed by atoms with Gasteiger partial charge in [0, 0.05) is 0 Å². The van der Waals surface area contributed by atoms with E-state index in [1.165, 1.54) is 0 Å². The predicted molar refractivity (Wildman–Crippen MR) is 35.6 cm³/mol. The number of rotatable bonds is 6. The first-order valence-electron chi connectivity index (χ1n) is 3.72. The molecule has 4 nitrogen and oxygen atoms in total. The van der Waals surface area contributed by atoms with E-state index < -0.39 is 15.0 Å². The second-order valence-electron chi connectivity index (χ2n) is 1.70. The fraction of sp³-hybridized carbons (Fsp3) is 1.00. The van der Waals surface area contributed by atoms with Gasteiger partial charge in [-0.15, -0.1) is 0 Å². The van der Waals surface area contributed by atoms with Crippen LogP contribution in [-0.4, -0.2) is 19.8 Å². The van der Waals surface area contributed by atoms with Gasteiger partial charge in [0.05, 0.1) is 0 Å². The molecule has 0 rings (SSSR count). The molecule has 0 atom stereocenters. The molecule has 0 aromatic rings. The summed E-state index contributed by atoms with van der Waals surface area (Å²) in [5.41, 5.74) is 0. The second-order valence-corrected chi connectivity index (χ2v) is 4.31. The van der Waals surface area contributed by atoms with Crippen LogP contribution < -0.4 is 0 Å². The molecule has 0 bridgehead atoms. The van der Waals surface area contributed by atoms with Crippen molar-refractivity contribution in [3.05, 3.63) is 0 Å². The summed E-state index contributed by atoms with van der Waals surface area (Å²) in [4.78, 5) is 0. The second kappa shape index (κ2) is 5.86. The van der Waals surface area contributed by atoms with Crippen LogP contribution in [0.2, 0.25) is 0 Å². The molecule has 69 valence electrons. The van der Waals surface area contributed by atoms with E-state index >= 15 is 0 Å². The molecule has 0 heterocycles. The summed E-state index contributed by atoms with van der Waals surface area (Å²) in [5.74, 6) is 0. The standard InChI is InChI=1S/3C2H5O.O.V/c3*1-2-3;;/h3*2H2,1H3;;/q3*-1;;+2. The zero-order valence-electron chi connectivity index (χ0n) is 7.20. The van der Waals surface area contributed by atoms with Crippen molar-refractivity contribution in [2.75, 3.05) is 19.8 Å². The Bertz CT molecular complexity index is 113. The van der Waals surface area contributed by atoms with E-state index in [0.717, 1.165) is 0 Å². The van der Waals surface area contributed by atoms with Gasteiger partial charge in [0.1, 0.15) is 0 Å². The number of hydrogen-bond donors (Lipinski definition) is 0. The Balaban J connectivity index is 3.91. The van der Waals surface area contributed by atoms with Gasteiger partial charge in [0.25, 0.3) is 0 Å². The maximum atomic E-state index is 11.4. The van der Waals surface area contributed by atoms with Crippen molar-refractivity contribution in [1.29, 1.82) is 0 Å². The molecule has 0 spiro atoms. The van der Waals surface area contributed by atoms with Crippen LogP contribution in [0, 0.1) is 0 Å². The van der Waals surface area contributed by atoms with E-state index in [1.807, 2.05) is 0 Å². The van der Waals surface area contributed by atoms with Crippen LogP contribution in [0.4, 0.5) is 0 Å². The van der Waals surface area contributed by atoms with Crippen LogP contribution >= 0.6 is 0 Å². The minimum absolute atomic E-state index is 0.358. The molecule has 5 heteroatoms. The van der Waals surface area contributed by atoms with Gasteiger partial charge < -0.3 is 0 Å². The zero-order valence-corrected chi connectivity index (χ0v) is 8.60. The van der Waals surface area contributed by atoms with Crippen LogP contribution in [0.1, 0.15) is 20.8 Å². The van der Waals surface area contributed by atoms with Gasteiger partial charge in [-0.3, -0.25) is 0 Å². The Morgan fingerprint density at radius 3 is 1.36 bits per heavy atom. The minimum atomic E-state index is -3.83. The van der Waals surface area contributed by atoms with Gasteiger partial charge in [0.2, 0.25) is 0 Å². The van der Waals surface area contributed by atoms with E-state index in [9.17, 15) is 3.67 Å². The van der Waals surface area contributed by atoms with E-state index in [1.54, 1.807) is 20.8 Å². The van der Waals surface area contributed by atoms with Gasteiger partial charge in [0.15, 0.2) is 0 Å². The summed E-state index contributed by atoms with van der Waals surface area (Å²) in [5, 5.41) is 0. The molecule has 0 N–H and O–H groups in total. The summed E-state index contributed by atoms with van der Waals surface area (Å²) in [6.07, 6.45) is 0. The van der Waals surface area contributed by atoms with Crippen molar-refractivity contribution in [1.82, 2.24) is 0 Å². The SMILES string of the molecule is CC[O][V-](=[O])([O]CC)[O]CC. The summed E-state index contributed by atoms with van der Waals surface area (Å²) in [7, 11) is 0. The molecule has 0 radical (unpaired) electrons. The summed E-state index contributed by atoms with van der Waals surface area (Å²) < 4.78 is 26.1. The molecule has 0 aliphatic carbocycles. The van der Waals surface area contributed by atoms with Crippen molar-refractivity contribution >= 4 is 0 Å². The summed E-state index contributed by atoms with van der Waals surface area (Å²) >= 11 is -3.83. The average Bonchev–Trinajstić information content (AvgIpc) is 1.88. The Kier molecular flexibility index (Phi) is 6.00. The van der Waals surface area contributed by atoms with Crippen LogP contribution in [0.25, 0.3) is 0 Å². The van der Waals surface area contributed by atoms with E-state index in [-0.39, 0.29) is 0 Å². The fourth-order valence-electron chi connectivity index (χ4n) is 0.586. The van der Waals surface area contributed by atoms with Crippen molar-refractivity contribution in [3.8, 4) is 0 Å². The molecule has 0 aromatic carbocycles. The normalized spacial score (nSPS) is 11.9. The van der Waals surface area contributed by atoms with Gasteiger partial charge >= 0.3 is 70.3 Å². The molecular formula is C6H15O4V-. The first kappa shape index (κ1) is 11.3. The third-order valence-electron chi connectivity index (χ3n) is 0.862. The quantitative estimate of drug-likeness (QED) is 0.651. The Morgan fingerprint density at radius 1 is 0.909 bits per heavy atom. The topological polar surface area (TPSA) is 44.8 Å². The Hall–Kier alpha value is 0.264. The van der Waals surface area contributed by atoms with Crippen LogP contribution in [-0.2, 0) is 29.7 Å². The predicted octanol–water partition coefficient (Wildman–Crippen LogP) is 1.34. The van der Waals surface area contributed by atoms with Crippen molar-refractivity contribution in [2.24, 2.45) is 0 Å². The zero-order chi connectivity index (χ0) is 8.74. The molecule has 0 amide bonds. The third kappa shape index (κ3) is 4.66. The van der Waals surface area contributed by atoms with Crippen LogP contribution in [0.15, 0.2) is 0 Å². The molecule has 0 saturated carbocycles. The molecule has 0 unspecified atom stereocenters. The van der Waals surface area contributed by atoms with E-state index in [4.69, 9.17) is 11.0 Å². The fourth-order valence-corrected chi connectivity index (χ4v) is 2.42. The van der Waals surface area contributed by atoms with Gasteiger partial charge in [-0.25, -0.2) is 0 Å². The first-order valence-corrected chi connectivity index (χ1v) is 6.00. The first-order chi connectivity index (χ1) is 5.18.